The van der Waals surface area contributed by atoms with E-state index in [1.165, 1.54) is 59.5 Å². The maximum absolute atomic E-state index is 13.3. The third-order valence-corrected chi connectivity index (χ3v) is 17.5. The maximum atomic E-state index is 13.3. The number of aryl methyl sites for hydroxylation is 1. The van der Waals surface area contributed by atoms with Crippen molar-refractivity contribution in [1.82, 2.24) is 48.5 Å². The molecule has 0 spiro atoms. The molecule has 75 heavy (non-hydrogen) atoms. The Kier molecular flexibility index (Phi) is 16.7. The number of imidazole rings is 2. The van der Waals surface area contributed by atoms with Crippen LogP contribution < -0.4 is 32.8 Å². The second kappa shape index (κ2) is 22.2. The number of nitrogens with one attached hydrogen (secondary N) is 2. The number of fused-ring (bicyclic) bond motifs is 2. The van der Waals surface area contributed by atoms with E-state index in [1.807, 2.05) is 4.98 Å². The lowest BCUT2D eigenvalue weighted by molar-refractivity contribution is -0.745. The van der Waals surface area contributed by atoms with Gasteiger partial charge in [0, 0.05) is 45.8 Å². The first-order valence-electron chi connectivity index (χ1n) is 21.9. The van der Waals surface area contributed by atoms with Gasteiger partial charge in [-0.2, -0.15) is 8.62 Å². The third-order valence-electron chi connectivity index (χ3n) is 12.0. The number of thioether (sulfide) groups is 1. The summed E-state index contributed by atoms with van der Waals surface area (Å²) in [4.78, 5) is 103. The zero-order valence-corrected chi connectivity index (χ0v) is 43.0. The lowest BCUT2D eigenvalue weighted by Gasteiger charge is -2.24. The molecule has 15 atom stereocenters. The number of ether oxygens (including phenoxy) is 5. The highest BCUT2D eigenvalue weighted by Gasteiger charge is 2.52. The largest absolute Gasteiger partial charge is 0.490 e. The van der Waals surface area contributed by atoms with E-state index in [1.54, 1.807) is 0 Å². The van der Waals surface area contributed by atoms with E-state index in [2.05, 4.69) is 33.5 Å². The predicted molar refractivity (Wildman–Crippen MR) is 250 cm³/mol. The molecule has 1 amide bonds. The highest BCUT2D eigenvalue weighted by molar-refractivity contribution is 7.99. The molecule has 0 aromatic carbocycles. The highest BCUT2D eigenvalue weighted by atomic mass is 32.2. The van der Waals surface area contributed by atoms with Gasteiger partial charge in [-0.25, -0.2) is 38.0 Å². The summed E-state index contributed by atoms with van der Waals surface area (Å²) < 4.78 is 92.6. The molecule has 39 heteroatoms. The van der Waals surface area contributed by atoms with Gasteiger partial charge in [-0.05, 0) is 0 Å². The van der Waals surface area contributed by atoms with Crippen molar-refractivity contribution in [2.24, 2.45) is 13.0 Å². The second-order valence-corrected chi connectivity index (χ2v) is 22.9. The summed E-state index contributed by atoms with van der Waals surface area (Å²) in [5.74, 6) is -2.23. The van der Waals surface area contributed by atoms with Gasteiger partial charge in [0.05, 0.1) is 56.6 Å². The van der Waals surface area contributed by atoms with E-state index in [9.17, 15) is 62.9 Å². The van der Waals surface area contributed by atoms with E-state index in [0.717, 1.165) is 34.9 Å². The quantitative estimate of drug-likeness (QED) is 0.0147. The molecule has 0 aliphatic carbocycles. The Labute approximate surface area is 424 Å². The van der Waals surface area contributed by atoms with Crippen LogP contribution in [-0.2, 0) is 66.9 Å². The van der Waals surface area contributed by atoms with Gasteiger partial charge in [-0.3, -0.25) is 47.1 Å². The van der Waals surface area contributed by atoms with E-state index >= 15 is 0 Å². The fraction of sp³-hybridized carbons (Fsp3) is 0.583. The number of H-pyrrole nitrogens is 2. The zero-order valence-electron chi connectivity index (χ0n) is 39.5. The van der Waals surface area contributed by atoms with Crippen LogP contribution in [0.25, 0.3) is 22.3 Å². The summed E-state index contributed by atoms with van der Waals surface area (Å²) in [7, 11) is -12.0. The average Bonchev–Trinajstić information content (AvgIpc) is 4.12. The fourth-order valence-electron chi connectivity index (χ4n) is 8.52. The number of nitrogens with two attached hydrogens (primary N) is 2. The van der Waals surface area contributed by atoms with Gasteiger partial charge in [-0.15, -0.1) is 11.8 Å². The van der Waals surface area contributed by atoms with Crippen LogP contribution in [0.4, 0.5) is 11.8 Å². The lowest BCUT2D eigenvalue weighted by atomic mass is 9.94. The Balaban J connectivity index is 0.925. The highest BCUT2D eigenvalue weighted by Crippen LogP contribution is 2.68. The number of phosphoric ester groups is 2. The molecule has 8 heterocycles. The molecule has 4 unspecified atom stereocenters. The number of nitrogen functional groups attached to an aromatic ring is 2. The first-order valence-corrected chi connectivity index (χ1v) is 27.5. The van der Waals surface area contributed by atoms with Crippen molar-refractivity contribution in [2.75, 3.05) is 58.4 Å². The van der Waals surface area contributed by atoms with E-state index in [0.29, 0.717) is 0 Å². The van der Waals surface area contributed by atoms with Gasteiger partial charge in [0.2, 0.25) is 17.7 Å². The van der Waals surface area contributed by atoms with E-state index in [-0.39, 0.29) is 46.6 Å². The summed E-state index contributed by atoms with van der Waals surface area (Å²) in [6.07, 6.45) is -9.16. The standard InChI is InChI=1S/C36H50N13O22P3S/c1-45(2)20(51)7-15-16(67-32(23(15)52)49-13-46(3)22-30(49)43-35(38)44-31(22)55)9-65-72(57,58)70-74(61,62)71-73(59,60)66-10-18-27(26(63-4)34(69-18)48-12-41-21-28(37)39-11-40-29(21)48)75-14-64-8-17-24(53)25(54)33(68-17)47-6-5-19(50)42-36(47)56/h5-6,11-13,15-18,23-27,32-34,52-54H,7-10,14H2,1-4H3,(H8-,37,38,39,40,42,43,44,50,55,56,57,58,59,60,61,62)/p+1/t15-,16-,17-,18?,23-,24-,25-,26-,27-,32-,33-,34-/m1/s1. The molecule has 0 radical (unpaired) electrons. The fourth-order valence-corrected chi connectivity index (χ4v) is 13.2. The number of nitrogens with zero attached hydrogens (tertiary/aromatic N) is 9. The summed E-state index contributed by atoms with van der Waals surface area (Å²) in [5, 5.41) is 31.9. The van der Waals surface area contributed by atoms with Crippen LogP contribution in [0.1, 0.15) is 25.1 Å². The number of aliphatic hydroxyl groups excluding tert-OH is 3. The van der Waals surface area contributed by atoms with Crippen molar-refractivity contribution in [2.45, 2.75) is 73.1 Å². The van der Waals surface area contributed by atoms with Crippen LogP contribution >= 0.6 is 35.2 Å². The summed E-state index contributed by atoms with van der Waals surface area (Å²) >= 11 is 0.978. The molecule has 8 rings (SSSR count). The predicted octanol–water partition coefficient (Wildman–Crippen LogP) is -3.57. The number of carbonyl (C=O) groups is 1. The topological polar surface area (TPSA) is 481 Å². The average molecular weight is 1140 g/mol. The molecule has 5 aromatic heterocycles. The number of aromatic amines is 2. The normalized spacial score (nSPS) is 29.4. The Morgan fingerprint density at radius 1 is 0.880 bits per heavy atom. The number of methoxy groups -OCH3 is 1. The molecular formula is C36H51N13O22P3S+. The Bertz CT molecular complexity index is 3250. The van der Waals surface area contributed by atoms with Crippen LogP contribution in [0.2, 0.25) is 0 Å². The molecule has 412 valence electrons. The Hall–Kier alpha value is -4.91. The molecular weight excluding hydrogens is 1090 g/mol. The van der Waals surface area contributed by atoms with Crippen LogP contribution in [0.3, 0.4) is 0 Å². The van der Waals surface area contributed by atoms with Gasteiger partial charge >= 0.3 is 34.8 Å². The number of aromatic nitrogens is 10. The molecule has 35 nitrogen and oxygen atoms in total. The SMILES string of the molecule is CO[C@@H]1[C@H](SCOC[C@H]2O[C@@H](n3ccc(=O)[nH]c3=O)[C@H](O)[C@@H]2O)C(COP(=O)(O)OP(=O)(O)OP(=O)(O)OC[C@H]2O[C@@H]([n+]3cn(C)c4c(=O)[nH]c(N)nc43)[C@H](O)[C@@H]2CC(=O)N(C)C)O[C@H]1n1cnc2c(N)ncnc21. The molecule has 12 N–H and O–H groups in total. The first kappa shape index (κ1) is 56.3. The van der Waals surface area contributed by atoms with Gasteiger partial charge in [0.1, 0.15) is 42.4 Å². The van der Waals surface area contributed by atoms with Gasteiger partial charge < -0.3 is 70.1 Å². The van der Waals surface area contributed by atoms with Gasteiger partial charge in [0.25, 0.3) is 17.1 Å². The van der Waals surface area contributed by atoms with Crippen molar-refractivity contribution in [1.29, 1.82) is 0 Å². The minimum atomic E-state index is -6.10. The van der Waals surface area contributed by atoms with E-state index in [4.69, 9.17) is 44.2 Å². The number of hydrogen-bond donors (Lipinski definition) is 10. The van der Waals surface area contributed by atoms with Crippen LogP contribution in [0.5, 0.6) is 0 Å². The number of hydrogen-bond acceptors (Lipinski definition) is 26. The molecule has 3 aliphatic heterocycles. The molecule has 3 aliphatic rings. The maximum Gasteiger partial charge on any atom is 0.490 e. The van der Waals surface area contributed by atoms with Gasteiger partial charge in [0.15, 0.2) is 30.2 Å². The number of anilines is 2. The number of carbonyl (C=O) groups excluding carboxylic acids is 1. The minimum absolute atomic E-state index is 0.0170. The molecule has 3 fully saturated rings. The minimum Gasteiger partial charge on any atom is -0.387 e. The smallest absolute Gasteiger partial charge is 0.387 e. The third kappa shape index (κ3) is 12.1. The molecule has 3 saturated heterocycles. The Morgan fingerprint density at radius 2 is 1.56 bits per heavy atom. The van der Waals surface area contributed by atoms with Crippen molar-refractivity contribution in [3.05, 3.63) is 62.4 Å². The number of amides is 1. The number of rotatable bonds is 21. The summed E-state index contributed by atoms with van der Waals surface area (Å²) in [6, 6.07) is 1.02. The molecule has 5 aromatic rings. The Morgan fingerprint density at radius 3 is 2.23 bits per heavy atom. The monoisotopic (exact) mass is 1140 g/mol. The lowest BCUT2D eigenvalue weighted by Crippen LogP contribution is -2.45. The molecule has 0 saturated carbocycles. The van der Waals surface area contributed by atoms with E-state index < -0.39 is 138 Å². The van der Waals surface area contributed by atoms with Crippen LogP contribution in [-0.4, -0.2) is 179 Å². The summed E-state index contributed by atoms with van der Waals surface area (Å²) in [5.41, 5.74) is 9.83. The number of phosphoric acid groups is 3. The zero-order chi connectivity index (χ0) is 54.5. The van der Waals surface area contributed by atoms with Crippen molar-refractivity contribution < 1.29 is 94.4 Å². The first-order chi connectivity index (χ1) is 35.3. The van der Waals surface area contributed by atoms with Crippen molar-refractivity contribution in [3.63, 3.8) is 0 Å². The van der Waals surface area contributed by atoms with Crippen molar-refractivity contribution in [3.8, 4) is 0 Å². The second-order valence-electron chi connectivity index (χ2n) is 17.2. The number of aliphatic hydroxyl groups is 3. The van der Waals surface area contributed by atoms with Crippen molar-refractivity contribution >= 4 is 75.2 Å². The van der Waals surface area contributed by atoms with Gasteiger partial charge in [-0.1, -0.05) is 4.98 Å². The summed E-state index contributed by atoms with van der Waals surface area (Å²) in [6.45, 7) is -2.30. The van der Waals surface area contributed by atoms with Crippen LogP contribution in [0, 0.1) is 5.92 Å². The molecule has 0 bridgehead atoms. The van der Waals surface area contributed by atoms with Crippen LogP contribution in [0.15, 0.2) is 45.6 Å².